The van der Waals surface area contributed by atoms with E-state index in [9.17, 15) is 9.59 Å². The molecule has 0 aromatic heterocycles. The normalized spacial score (nSPS) is 21.7. The largest absolute Gasteiger partial charge is 0.480 e. The molecule has 0 aliphatic carbocycles. The van der Waals surface area contributed by atoms with Gasteiger partial charge in [-0.05, 0) is 19.3 Å². The minimum absolute atomic E-state index is 0.291. The van der Waals surface area contributed by atoms with Crippen molar-refractivity contribution in [3.05, 3.63) is 0 Å². The molecule has 5 nitrogen and oxygen atoms in total. The molecule has 0 spiro atoms. The molecule has 1 aliphatic heterocycles. The molecule has 1 aliphatic rings. The van der Waals surface area contributed by atoms with Crippen molar-refractivity contribution in [3.63, 3.8) is 0 Å². The molecule has 0 saturated carbocycles. The van der Waals surface area contributed by atoms with E-state index in [4.69, 9.17) is 9.84 Å². The van der Waals surface area contributed by atoms with Crippen molar-refractivity contribution in [2.75, 3.05) is 6.61 Å². The maximum atomic E-state index is 11.6. The number of ether oxygens (including phenoxy) is 1. The van der Waals surface area contributed by atoms with Gasteiger partial charge in [-0.25, -0.2) is 4.79 Å². The summed E-state index contributed by atoms with van der Waals surface area (Å²) >= 11 is 0. The van der Waals surface area contributed by atoms with Crippen LogP contribution in [0.2, 0.25) is 0 Å². The summed E-state index contributed by atoms with van der Waals surface area (Å²) in [6, 6.07) is -0.781. The summed E-state index contributed by atoms with van der Waals surface area (Å²) in [6.45, 7) is 2.57. The molecule has 0 bridgehead atoms. The number of hydrogen-bond acceptors (Lipinski definition) is 3. The highest BCUT2D eigenvalue weighted by Gasteiger charge is 2.27. The number of amides is 1. The second kappa shape index (κ2) is 6.48. The Bertz CT molecular complexity index is 248. The smallest absolute Gasteiger partial charge is 0.326 e. The highest BCUT2D eigenvalue weighted by Crippen LogP contribution is 2.12. The Kier molecular flexibility index (Phi) is 5.25. The molecule has 1 saturated heterocycles. The molecule has 1 amide bonds. The summed E-state index contributed by atoms with van der Waals surface area (Å²) in [5.74, 6) is -1.26. The minimum atomic E-state index is -0.972. The lowest BCUT2D eigenvalue weighted by Gasteiger charge is -2.16. The van der Waals surface area contributed by atoms with Crippen LogP contribution in [0.4, 0.5) is 0 Å². The molecule has 0 aromatic rings. The molecule has 1 rings (SSSR count). The van der Waals surface area contributed by atoms with Crippen molar-refractivity contribution in [2.24, 2.45) is 0 Å². The minimum Gasteiger partial charge on any atom is -0.480 e. The SMILES string of the molecule is CCCC[C@@H](NC(=O)[C@H]1CCCO1)C(=O)O. The Morgan fingerprint density at radius 3 is 2.81 bits per heavy atom. The van der Waals surface area contributed by atoms with Crippen LogP contribution in [-0.4, -0.2) is 35.7 Å². The van der Waals surface area contributed by atoms with Crippen LogP contribution < -0.4 is 5.32 Å². The van der Waals surface area contributed by atoms with Gasteiger partial charge in [-0.15, -0.1) is 0 Å². The van der Waals surface area contributed by atoms with Gasteiger partial charge in [0.25, 0.3) is 0 Å². The first-order valence-corrected chi connectivity index (χ1v) is 5.80. The van der Waals surface area contributed by atoms with E-state index in [-0.39, 0.29) is 5.91 Å². The molecular weight excluding hydrogens is 210 g/mol. The lowest BCUT2D eigenvalue weighted by molar-refractivity contribution is -0.143. The van der Waals surface area contributed by atoms with Crippen LogP contribution in [0.25, 0.3) is 0 Å². The number of rotatable bonds is 6. The van der Waals surface area contributed by atoms with Crippen molar-refractivity contribution in [1.82, 2.24) is 5.32 Å². The monoisotopic (exact) mass is 229 g/mol. The number of nitrogens with one attached hydrogen (secondary N) is 1. The van der Waals surface area contributed by atoms with Gasteiger partial charge in [-0.1, -0.05) is 19.8 Å². The zero-order valence-electron chi connectivity index (χ0n) is 9.57. The fraction of sp³-hybridized carbons (Fsp3) is 0.818. The summed E-state index contributed by atoms with van der Waals surface area (Å²) in [6.07, 6.45) is 3.28. The third-order valence-corrected chi connectivity index (χ3v) is 2.68. The van der Waals surface area contributed by atoms with Crippen LogP contribution in [0.5, 0.6) is 0 Å². The number of unbranched alkanes of at least 4 members (excludes halogenated alkanes) is 1. The number of hydrogen-bond donors (Lipinski definition) is 2. The van der Waals surface area contributed by atoms with Crippen molar-refractivity contribution in [3.8, 4) is 0 Å². The van der Waals surface area contributed by atoms with E-state index in [1.165, 1.54) is 0 Å². The molecule has 1 fully saturated rings. The number of aliphatic carboxylic acids is 1. The summed E-state index contributed by atoms with van der Waals surface area (Å²) in [5, 5.41) is 11.5. The Balaban J connectivity index is 2.40. The summed E-state index contributed by atoms with van der Waals surface area (Å²) in [4.78, 5) is 22.5. The molecular formula is C11H19NO4. The van der Waals surface area contributed by atoms with Gasteiger partial charge in [0.1, 0.15) is 12.1 Å². The zero-order valence-corrected chi connectivity index (χ0v) is 9.57. The van der Waals surface area contributed by atoms with Gasteiger partial charge < -0.3 is 15.2 Å². The molecule has 2 atom stereocenters. The molecule has 5 heteroatoms. The Hall–Kier alpha value is -1.10. The fourth-order valence-electron chi connectivity index (χ4n) is 1.71. The summed E-state index contributed by atoms with van der Waals surface area (Å²) < 4.78 is 5.19. The van der Waals surface area contributed by atoms with E-state index >= 15 is 0 Å². The van der Waals surface area contributed by atoms with Gasteiger partial charge in [0.05, 0.1) is 0 Å². The maximum Gasteiger partial charge on any atom is 0.326 e. The third-order valence-electron chi connectivity index (χ3n) is 2.68. The topological polar surface area (TPSA) is 75.6 Å². The van der Waals surface area contributed by atoms with Crippen LogP contribution in [0.3, 0.4) is 0 Å². The second-order valence-electron chi connectivity index (χ2n) is 4.04. The highest BCUT2D eigenvalue weighted by molar-refractivity contribution is 5.86. The third kappa shape index (κ3) is 3.81. The quantitative estimate of drug-likeness (QED) is 0.710. The zero-order chi connectivity index (χ0) is 12.0. The average molecular weight is 229 g/mol. The maximum absolute atomic E-state index is 11.6. The Labute approximate surface area is 95.2 Å². The second-order valence-corrected chi connectivity index (χ2v) is 4.04. The fourth-order valence-corrected chi connectivity index (χ4v) is 1.71. The van der Waals surface area contributed by atoms with E-state index < -0.39 is 18.1 Å². The van der Waals surface area contributed by atoms with Gasteiger partial charge in [-0.2, -0.15) is 0 Å². The van der Waals surface area contributed by atoms with E-state index in [0.29, 0.717) is 19.4 Å². The number of carbonyl (C=O) groups is 2. The predicted octanol–water partition coefficient (Wildman–Crippen LogP) is 0.925. The first-order chi connectivity index (χ1) is 7.65. The first kappa shape index (κ1) is 13.0. The van der Waals surface area contributed by atoms with Crippen LogP contribution in [0.15, 0.2) is 0 Å². The lowest BCUT2D eigenvalue weighted by Crippen LogP contribution is -2.45. The van der Waals surface area contributed by atoms with Crippen LogP contribution in [0.1, 0.15) is 39.0 Å². The van der Waals surface area contributed by atoms with Crippen LogP contribution in [-0.2, 0) is 14.3 Å². The van der Waals surface area contributed by atoms with Crippen LogP contribution in [0, 0.1) is 0 Å². The number of carboxylic acids is 1. The van der Waals surface area contributed by atoms with Gasteiger partial charge >= 0.3 is 5.97 Å². The number of carbonyl (C=O) groups excluding carboxylic acids is 1. The molecule has 0 unspecified atom stereocenters. The van der Waals surface area contributed by atoms with E-state index in [1.54, 1.807) is 0 Å². The standard InChI is InChI=1S/C11H19NO4/c1-2-3-5-8(11(14)15)12-10(13)9-6-4-7-16-9/h8-9H,2-7H2,1H3,(H,12,13)(H,14,15)/t8-,9-/m1/s1. The van der Waals surface area contributed by atoms with Crippen molar-refractivity contribution in [1.29, 1.82) is 0 Å². The highest BCUT2D eigenvalue weighted by atomic mass is 16.5. The number of carboxylic acid groups (broad SMARTS) is 1. The predicted molar refractivity (Wildman–Crippen MR) is 58.1 cm³/mol. The van der Waals surface area contributed by atoms with Crippen molar-refractivity contribution in [2.45, 2.75) is 51.2 Å². The first-order valence-electron chi connectivity index (χ1n) is 5.80. The van der Waals surface area contributed by atoms with Gasteiger partial charge in [-0.3, -0.25) is 4.79 Å². The van der Waals surface area contributed by atoms with Crippen LogP contribution >= 0.6 is 0 Å². The summed E-state index contributed by atoms with van der Waals surface area (Å²) in [7, 11) is 0. The van der Waals surface area contributed by atoms with E-state index in [2.05, 4.69) is 5.32 Å². The molecule has 2 N–H and O–H groups in total. The Morgan fingerprint density at radius 1 is 1.56 bits per heavy atom. The molecule has 1 heterocycles. The molecule has 0 radical (unpaired) electrons. The van der Waals surface area contributed by atoms with Gasteiger partial charge in [0.15, 0.2) is 0 Å². The van der Waals surface area contributed by atoms with Gasteiger partial charge in [0.2, 0.25) is 5.91 Å². The lowest BCUT2D eigenvalue weighted by atomic mass is 10.1. The summed E-state index contributed by atoms with van der Waals surface area (Å²) in [5.41, 5.74) is 0. The molecule has 16 heavy (non-hydrogen) atoms. The van der Waals surface area contributed by atoms with Gasteiger partial charge in [0, 0.05) is 6.61 Å². The van der Waals surface area contributed by atoms with Crippen molar-refractivity contribution >= 4 is 11.9 Å². The molecule has 92 valence electrons. The van der Waals surface area contributed by atoms with E-state index in [1.807, 2.05) is 6.92 Å². The van der Waals surface area contributed by atoms with Crippen molar-refractivity contribution < 1.29 is 19.4 Å². The van der Waals surface area contributed by atoms with E-state index in [0.717, 1.165) is 19.3 Å². The Morgan fingerprint density at radius 2 is 2.31 bits per heavy atom. The average Bonchev–Trinajstić information content (AvgIpc) is 2.76. The molecule has 0 aromatic carbocycles.